The van der Waals surface area contributed by atoms with Crippen molar-refractivity contribution < 1.29 is 34.0 Å². The van der Waals surface area contributed by atoms with Crippen LogP contribution in [-0.2, 0) is 14.2 Å². The number of nitrogens with zero attached hydrogens (tertiary/aromatic N) is 2. The molecule has 0 saturated carbocycles. The lowest BCUT2D eigenvalue weighted by molar-refractivity contribution is -0.384. The molecule has 2 saturated heterocycles. The zero-order chi connectivity index (χ0) is 32.4. The van der Waals surface area contributed by atoms with E-state index in [-0.39, 0.29) is 36.5 Å². The first kappa shape index (κ1) is 31.3. The third kappa shape index (κ3) is 6.20. The van der Waals surface area contributed by atoms with Crippen LogP contribution in [0.25, 0.3) is 6.08 Å². The van der Waals surface area contributed by atoms with E-state index < -0.39 is 47.7 Å². The minimum Gasteiger partial charge on any atom is -0.507 e. The fourth-order valence-electron chi connectivity index (χ4n) is 7.08. The highest BCUT2D eigenvalue weighted by molar-refractivity contribution is 6.43. The predicted molar refractivity (Wildman–Crippen MR) is 173 cm³/mol. The molecule has 0 unspecified atom stereocenters. The molecule has 46 heavy (non-hydrogen) atoms. The predicted octanol–water partition coefficient (Wildman–Crippen LogP) is 5.95. The SMILES string of the molecule is CC/C(=C\c1ccccc1O)CC[C@H]1OB(O)C[C@H]2C1=C(COc1ccccc1)C[C@H]1C(=O)N(c3cccc([N+](=O)[O-])c3)C(=O)[C@H]12. The van der Waals surface area contributed by atoms with Crippen LogP contribution in [0.4, 0.5) is 11.4 Å². The maximum absolute atomic E-state index is 14.1. The second-order valence-corrected chi connectivity index (χ2v) is 12.0. The number of anilines is 1. The number of fused-ring (bicyclic) bond motifs is 3. The molecule has 10 nitrogen and oxygen atoms in total. The summed E-state index contributed by atoms with van der Waals surface area (Å²) in [6.07, 6.45) is 3.71. The average molecular weight is 622 g/mol. The summed E-state index contributed by atoms with van der Waals surface area (Å²) in [7, 11) is -1.14. The first-order chi connectivity index (χ1) is 22.2. The van der Waals surface area contributed by atoms with Gasteiger partial charge in [0, 0.05) is 17.7 Å². The molecular weight excluding hydrogens is 587 g/mol. The number of hydrogen-bond donors (Lipinski definition) is 2. The number of para-hydroxylation sites is 2. The third-order valence-electron chi connectivity index (χ3n) is 9.24. The van der Waals surface area contributed by atoms with Crippen LogP contribution in [0.15, 0.2) is 95.6 Å². The van der Waals surface area contributed by atoms with Gasteiger partial charge in [-0.1, -0.05) is 61.0 Å². The summed E-state index contributed by atoms with van der Waals surface area (Å²) in [6, 6.07) is 22.0. The molecule has 2 aliphatic heterocycles. The Bertz CT molecular complexity index is 1710. The lowest BCUT2D eigenvalue weighted by Gasteiger charge is -2.43. The van der Waals surface area contributed by atoms with E-state index >= 15 is 0 Å². The number of benzene rings is 3. The quantitative estimate of drug-likeness (QED) is 0.0930. The van der Waals surface area contributed by atoms with Crippen LogP contribution in [0.1, 0.15) is 38.2 Å². The van der Waals surface area contributed by atoms with Crippen LogP contribution < -0.4 is 9.64 Å². The summed E-state index contributed by atoms with van der Waals surface area (Å²) < 4.78 is 12.3. The Labute approximate surface area is 267 Å². The van der Waals surface area contributed by atoms with E-state index in [2.05, 4.69) is 0 Å². The van der Waals surface area contributed by atoms with Gasteiger partial charge in [-0.2, -0.15) is 0 Å². The monoisotopic (exact) mass is 622 g/mol. The van der Waals surface area contributed by atoms with Crippen molar-refractivity contribution in [2.24, 2.45) is 17.8 Å². The molecule has 0 aromatic heterocycles. The molecule has 4 atom stereocenters. The normalized spacial score (nSPS) is 23.0. The highest BCUT2D eigenvalue weighted by atomic mass is 16.6. The highest BCUT2D eigenvalue weighted by Gasteiger charge is 2.57. The largest absolute Gasteiger partial charge is 0.507 e. The Balaban J connectivity index is 1.34. The van der Waals surface area contributed by atoms with Crippen molar-refractivity contribution in [1.29, 1.82) is 0 Å². The molecule has 2 N–H and O–H groups in total. The van der Waals surface area contributed by atoms with Gasteiger partial charge in [-0.25, -0.2) is 4.90 Å². The van der Waals surface area contributed by atoms with Gasteiger partial charge >= 0.3 is 7.12 Å². The number of aromatic hydroxyl groups is 1. The minimum absolute atomic E-state index is 0.137. The summed E-state index contributed by atoms with van der Waals surface area (Å²) in [5.41, 5.74) is 3.48. The fraction of sp³-hybridized carbons (Fsp3) is 0.314. The Morgan fingerprint density at radius 3 is 2.57 bits per heavy atom. The number of nitro benzene ring substituents is 1. The molecule has 0 bridgehead atoms. The number of nitro groups is 1. The van der Waals surface area contributed by atoms with Crippen molar-refractivity contribution in [3.8, 4) is 11.5 Å². The molecule has 6 rings (SSSR count). The zero-order valence-corrected chi connectivity index (χ0v) is 25.5. The van der Waals surface area contributed by atoms with Gasteiger partial charge in [0.1, 0.15) is 18.1 Å². The van der Waals surface area contributed by atoms with Crippen LogP contribution in [0, 0.1) is 27.9 Å². The maximum Gasteiger partial charge on any atom is 0.455 e. The summed E-state index contributed by atoms with van der Waals surface area (Å²) in [6.45, 7) is 2.22. The lowest BCUT2D eigenvalue weighted by atomic mass is 9.58. The van der Waals surface area contributed by atoms with Crippen LogP contribution in [0.2, 0.25) is 6.32 Å². The molecule has 236 valence electrons. The number of allylic oxidation sites excluding steroid dienone is 1. The molecule has 2 amide bonds. The molecule has 3 aromatic rings. The van der Waals surface area contributed by atoms with Gasteiger partial charge in [-0.3, -0.25) is 19.7 Å². The second kappa shape index (κ2) is 13.3. The fourth-order valence-corrected chi connectivity index (χ4v) is 7.08. The number of phenols is 1. The highest BCUT2D eigenvalue weighted by Crippen LogP contribution is 2.51. The number of carbonyl (C=O) groups excluding carboxylic acids is 2. The minimum atomic E-state index is -1.14. The number of non-ortho nitro benzene ring substituents is 1. The van der Waals surface area contributed by atoms with Gasteiger partial charge in [-0.05, 0) is 73.3 Å². The molecule has 0 radical (unpaired) electrons. The van der Waals surface area contributed by atoms with Crippen molar-refractivity contribution in [2.75, 3.05) is 11.5 Å². The van der Waals surface area contributed by atoms with Crippen molar-refractivity contribution in [3.63, 3.8) is 0 Å². The number of hydrogen-bond acceptors (Lipinski definition) is 8. The Morgan fingerprint density at radius 1 is 1.07 bits per heavy atom. The van der Waals surface area contributed by atoms with Crippen LogP contribution in [0.5, 0.6) is 11.5 Å². The lowest BCUT2D eigenvalue weighted by Crippen LogP contribution is -2.46. The first-order valence-corrected chi connectivity index (χ1v) is 15.6. The standard InChI is InChI=1S/C35H35BN2O8/c1-2-22(17-23-9-6-7-14-30(23)39)15-16-31-32-24(21-45-27-12-4-3-5-13-27)18-28-33(29(32)20-36(42)46-31)35(41)37(34(28)40)25-10-8-11-26(19-25)38(43)44/h3-14,17,19,28-29,31,33,39,42H,2,15-16,18,20-21H2,1H3/b22-17+/t28-,29+,31-,33-/m1/s1. The number of amides is 2. The van der Waals surface area contributed by atoms with Crippen LogP contribution >= 0.6 is 0 Å². The number of ether oxygens (including phenoxy) is 1. The molecule has 2 heterocycles. The van der Waals surface area contributed by atoms with E-state index in [0.717, 1.165) is 33.6 Å². The van der Waals surface area contributed by atoms with Gasteiger partial charge in [-0.15, -0.1) is 0 Å². The van der Waals surface area contributed by atoms with Crippen molar-refractivity contribution in [3.05, 3.63) is 111 Å². The molecule has 2 fully saturated rings. The van der Waals surface area contributed by atoms with Crippen molar-refractivity contribution in [2.45, 2.75) is 45.0 Å². The van der Waals surface area contributed by atoms with Gasteiger partial charge in [0.05, 0.1) is 28.6 Å². The van der Waals surface area contributed by atoms with E-state index in [4.69, 9.17) is 9.39 Å². The third-order valence-corrected chi connectivity index (χ3v) is 9.24. The maximum atomic E-state index is 14.1. The van der Waals surface area contributed by atoms with Gasteiger partial charge < -0.3 is 19.5 Å². The first-order valence-electron chi connectivity index (χ1n) is 15.6. The summed E-state index contributed by atoms with van der Waals surface area (Å²) >= 11 is 0. The zero-order valence-electron chi connectivity index (χ0n) is 25.5. The van der Waals surface area contributed by atoms with E-state index in [0.29, 0.717) is 18.6 Å². The molecule has 1 aliphatic carbocycles. The topological polar surface area (TPSA) is 139 Å². The number of imide groups is 1. The van der Waals surface area contributed by atoms with Crippen LogP contribution in [0.3, 0.4) is 0 Å². The Morgan fingerprint density at radius 2 is 1.83 bits per heavy atom. The smallest absolute Gasteiger partial charge is 0.455 e. The van der Waals surface area contributed by atoms with E-state index in [1.54, 1.807) is 12.1 Å². The molecule has 3 aromatic carbocycles. The molecule has 11 heteroatoms. The summed E-state index contributed by atoms with van der Waals surface area (Å²) in [4.78, 5) is 39.9. The molecule has 0 spiro atoms. The van der Waals surface area contributed by atoms with E-state index in [1.165, 1.54) is 24.3 Å². The summed E-state index contributed by atoms with van der Waals surface area (Å²) in [5, 5.41) is 32.7. The van der Waals surface area contributed by atoms with Crippen molar-refractivity contribution in [1.82, 2.24) is 0 Å². The van der Waals surface area contributed by atoms with Gasteiger partial charge in [0.15, 0.2) is 0 Å². The second-order valence-electron chi connectivity index (χ2n) is 12.0. The van der Waals surface area contributed by atoms with E-state index in [1.807, 2.05) is 55.5 Å². The number of rotatable bonds is 10. The van der Waals surface area contributed by atoms with E-state index in [9.17, 15) is 29.8 Å². The number of carbonyl (C=O) groups is 2. The Hall–Kier alpha value is -4.74. The Kier molecular flexibility index (Phi) is 9.05. The number of phenolic OH excluding ortho intramolecular Hbond substituents is 1. The molecular formula is C35H35BN2O8. The van der Waals surface area contributed by atoms with Crippen molar-refractivity contribution >= 4 is 36.4 Å². The van der Waals surface area contributed by atoms with Gasteiger partial charge in [0.25, 0.3) is 5.69 Å². The van der Waals surface area contributed by atoms with Crippen LogP contribution in [-0.4, -0.2) is 46.7 Å². The molecule has 3 aliphatic rings. The average Bonchev–Trinajstić information content (AvgIpc) is 3.31. The summed E-state index contributed by atoms with van der Waals surface area (Å²) in [5.74, 6) is -1.91. The van der Waals surface area contributed by atoms with Gasteiger partial charge in [0.2, 0.25) is 11.8 Å².